The molecule has 3 aromatic rings. The van der Waals surface area contributed by atoms with E-state index in [2.05, 4.69) is 48.1 Å². The Morgan fingerprint density at radius 1 is 0.955 bits per heavy atom. The average molecular weight is 356 g/mol. The summed E-state index contributed by atoms with van der Waals surface area (Å²) >= 11 is 3.53. The highest BCUT2D eigenvalue weighted by atomic mass is 79.9. The van der Waals surface area contributed by atoms with Gasteiger partial charge in [0.1, 0.15) is 5.82 Å². The lowest BCUT2D eigenvalue weighted by Crippen LogP contribution is -2.27. The quantitative estimate of drug-likeness (QED) is 0.680. The van der Waals surface area contributed by atoms with Crippen molar-refractivity contribution in [3.8, 4) is 11.4 Å². The minimum atomic E-state index is -0.0719. The summed E-state index contributed by atoms with van der Waals surface area (Å²) in [5.41, 5.74) is 1.88. The summed E-state index contributed by atoms with van der Waals surface area (Å²) in [5.74, 6) is 1.60. The Hall–Kier alpha value is -1.94. The third-order valence-electron chi connectivity index (χ3n) is 3.18. The minimum absolute atomic E-state index is 0.0719. The Morgan fingerprint density at radius 2 is 1.68 bits per heavy atom. The van der Waals surface area contributed by atoms with Crippen LogP contribution in [0.1, 0.15) is 20.8 Å². The standard InChI is InChI=1S/C18H18BrN3/c1-18(2,3)22-17-14-11-13(19)9-10-15(14)20-16(21-17)12-7-5-4-6-8-12/h4-11H,1-3H3,(H,20,21,22). The molecule has 0 unspecified atom stereocenters. The van der Waals surface area contributed by atoms with Gasteiger partial charge in [0.05, 0.1) is 5.52 Å². The van der Waals surface area contributed by atoms with Gasteiger partial charge < -0.3 is 5.32 Å². The van der Waals surface area contributed by atoms with E-state index >= 15 is 0 Å². The highest BCUT2D eigenvalue weighted by Crippen LogP contribution is 2.29. The van der Waals surface area contributed by atoms with Gasteiger partial charge in [-0.1, -0.05) is 46.3 Å². The van der Waals surface area contributed by atoms with Crippen molar-refractivity contribution < 1.29 is 0 Å². The molecule has 2 aromatic carbocycles. The van der Waals surface area contributed by atoms with Crippen molar-refractivity contribution in [2.24, 2.45) is 0 Å². The smallest absolute Gasteiger partial charge is 0.162 e. The third kappa shape index (κ3) is 3.28. The molecule has 0 fully saturated rings. The van der Waals surface area contributed by atoms with Gasteiger partial charge in [0.25, 0.3) is 0 Å². The van der Waals surface area contributed by atoms with Crippen molar-refractivity contribution in [2.75, 3.05) is 5.32 Å². The van der Waals surface area contributed by atoms with Gasteiger partial charge in [0.2, 0.25) is 0 Å². The van der Waals surface area contributed by atoms with Crippen LogP contribution >= 0.6 is 15.9 Å². The first-order chi connectivity index (χ1) is 10.4. The highest BCUT2D eigenvalue weighted by molar-refractivity contribution is 9.10. The molecule has 0 aliphatic rings. The summed E-state index contributed by atoms with van der Waals surface area (Å²) < 4.78 is 1.02. The lowest BCUT2D eigenvalue weighted by molar-refractivity contribution is 0.631. The van der Waals surface area contributed by atoms with Crippen LogP contribution in [0, 0.1) is 0 Å². The van der Waals surface area contributed by atoms with E-state index in [4.69, 9.17) is 9.97 Å². The third-order valence-corrected chi connectivity index (χ3v) is 3.68. The Bertz CT molecular complexity index is 808. The van der Waals surface area contributed by atoms with Crippen LogP contribution < -0.4 is 5.32 Å². The molecule has 0 saturated heterocycles. The fourth-order valence-corrected chi connectivity index (χ4v) is 2.63. The van der Waals surface area contributed by atoms with Crippen LogP contribution in [-0.4, -0.2) is 15.5 Å². The molecule has 0 radical (unpaired) electrons. The van der Waals surface area contributed by atoms with Crippen LogP contribution in [0.2, 0.25) is 0 Å². The maximum Gasteiger partial charge on any atom is 0.162 e. The maximum absolute atomic E-state index is 4.75. The van der Waals surface area contributed by atoms with E-state index in [1.807, 2.05) is 42.5 Å². The molecule has 22 heavy (non-hydrogen) atoms. The van der Waals surface area contributed by atoms with Crippen LogP contribution in [0.25, 0.3) is 22.3 Å². The summed E-state index contributed by atoms with van der Waals surface area (Å²) in [6, 6.07) is 16.1. The fourth-order valence-electron chi connectivity index (χ4n) is 2.27. The Kier molecular flexibility index (Phi) is 3.87. The van der Waals surface area contributed by atoms with Crippen molar-refractivity contribution in [3.63, 3.8) is 0 Å². The SMILES string of the molecule is CC(C)(C)Nc1nc(-c2ccccc2)nc2ccc(Br)cc12. The first kappa shape index (κ1) is 15.0. The highest BCUT2D eigenvalue weighted by Gasteiger charge is 2.15. The molecule has 3 rings (SSSR count). The fraction of sp³-hybridized carbons (Fsp3) is 0.222. The molecule has 0 amide bonds. The summed E-state index contributed by atoms with van der Waals surface area (Å²) in [5, 5.41) is 4.51. The molecule has 0 spiro atoms. The van der Waals surface area contributed by atoms with Gasteiger partial charge in [-0.15, -0.1) is 0 Å². The number of hydrogen-bond donors (Lipinski definition) is 1. The van der Waals surface area contributed by atoms with Crippen molar-refractivity contribution in [2.45, 2.75) is 26.3 Å². The molecular formula is C18H18BrN3. The van der Waals surface area contributed by atoms with E-state index in [0.29, 0.717) is 0 Å². The minimum Gasteiger partial charge on any atom is -0.365 e. The molecule has 3 nitrogen and oxygen atoms in total. The molecule has 0 saturated carbocycles. The number of fused-ring (bicyclic) bond motifs is 1. The van der Waals surface area contributed by atoms with E-state index in [1.54, 1.807) is 0 Å². The maximum atomic E-state index is 4.75. The summed E-state index contributed by atoms with van der Waals surface area (Å²) in [7, 11) is 0. The normalized spacial score (nSPS) is 11.6. The van der Waals surface area contributed by atoms with Gasteiger partial charge in [-0.25, -0.2) is 9.97 Å². The molecule has 1 N–H and O–H groups in total. The number of nitrogens with zero attached hydrogens (tertiary/aromatic N) is 2. The van der Waals surface area contributed by atoms with Crippen LogP contribution in [0.15, 0.2) is 53.0 Å². The second-order valence-electron chi connectivity index (χ2n) is 6.30. The number of aromatic nitrogens is 2. The molecule has 1 heterocycles. The van der Waals surface area contributed by atoms with E-state index in [-0.39, 0.29) is 5.54 Å². The zero-order chi connectivity index (χ0) is 15.7. The molecule has 0 bridgehead atoms. The first-order valence-electron chi connectivity index (χ1n) is 7.23. The Labute approximate surface area is 138 Å². The van der Waals surface area contributed by atoms with Crippen LogP contribution in [-0.2, 0) is 0 Å². The number of halogens is 1. The first-order valence-corrected chi connectivity index (χ1v) is 8.03. The summed E-state index contributed by atoms with van der Waals surface area (Å²) in [6.45, 7) is 6.38. The van der Waals surface area contributed by atoms with Crippen molar-refractivity contribution in [3.05, 3.63) is 53.0 Å². The number of hydrogen-bond acceptors (Lipinski definition) is 3. The molecule has 0 aliphatic carbocycles. The van der Waals surface area contributed by atoms with Gasteiger partial charge in [-0.05, 0) is 39.0 Å². The second-order valence-corrected chi connectivity index (χ2v) is 7.21. The monoisotopic (exact) mass is 355 g/mol. The van der Waals surface area contributed by atoms with Crippen LogP contribution in [0.4, 0.5) is 5.82 Å². The molecule has 4 heteroatoms. The van der Waals surface area contributed by atoms with E-state index in [1.165, 1.54) is 0 Å². The lowest BCUT2D eigenvalue weighted by Gasteiger charge is -2.22. The Morgan fingerprint density at radius 3 is 2.36 bits per heavy atom. The van der Waals surface area contributed by atoms with E-state index < -0.39 is 0 Å². The number of anilines is 1. The summed E-state index contributed by atoms with van der Waals surface area (Å²) in [4.78, 5) is 9.46. The van der Waals surface area contributed by atoms with Gasteiger partial charge in [-0.2, -0.15) is 0 Å². The molecule has 0 aliphatic heterocycles. The van der Waals surface area contributed by atoms with Crippen LogP contribution in [0.3, 0.4) is 0 Å². The van der Waals surface area contributed by atoms with Gasteiger partial charge in [0, 0.05) is 21.0 Å². The lowest BCUT2D eigenvalue weighted by atomic mass is 10.1. The zero-order valence-corrected chi connectivity index (χ0v) is 14.5. The molecular weight excluding hydrogens is 338 g/mol. The second kappa shape index (κ2) is 5.69. The number of benzene rings is 2. The Balaban J connectivity index is 2.22. The summed E-state index contributed by atoms with van der Waals surface area (Å²) in [6.07, 6.45) is 0. The molecule has 1 aromatic heterocycles. The van der Waals surface area contributed by atoms with E-state index in [0.717, 1.165) is 32.6 Å². The topological polar surface area (TPSA) is 37.8 Å². The van der Waals surface area contributed by atoms with E-state index in [9.17, 15) is 0 Å². The van der Waals surface area contributed by atoms with Crippen molar-refractivity contribution in [1.29, 1.82) is 0 Å². The predicted octanol–water partition coefficient (Wildman–Crippen LogP) is 5.27. The largest absolute Gasteiger partial charge is 0.365 e. The van der Waals surface area contributed by atoms with Gasteiger partial charge in [0.15, 0.2) is 5.82 Å². The number of rotatable bonds is 2. The number of nitrogens with one attached hydrogen (secondary N) is 1. The van der Waals surface area contributed by atoms with Gasteiger partial charge >= 0.3 is 0 Å². The van der Waals surface area contributed by atoms with Gasteiger partial charge in [-0.3, -0.25) is 0 Å². The van der Waals surface area contributed by atoms with Crippen molar-refractivity contribution in [1.82, 2.24) is 9.97 Å². The molecule has 112 valence electrons. The predicted molar refractivity (Wildman–Crippen MR) is 96.0 cm³/mol. The van der Waals surface area contributed by atoms with Crippen LogP contribution in [0.5, 0.6) is 0 Å². The average Bonchev–Trinajstić information content (AvgIpc) is 2.47. The van der Waals surface area contributed by atoms with Crippen molar-refractivity contribution >= 4 is 32.7 Å². The zero-order valence-electron chi connectivity index (χ0n) is 12.9. The molecule has 0 atom stereocenters.